The summed E-state index contributed by atoms with van der Waals surface area (Å²) in [4.78, 5) is 29.0. The first kappa shape index (κ1) is 23.7. The van der Waals surface area contributed by atoms with Gasteiger partial charge in [-0.25, -0.2) is 0 Å². The topological polar surface area (TPSA) is 87.1 Å². The maximum Gasteiger partial charge on any atom is 0.159 e. The molecule has 5 aliphatic rings. The van der Waals surface area contributed by atoms with Gasteiger partial charge in [-0.3, -0.25) is 14.5 Å². The SMILES string of the molecule is CC1CN(CC(=O)C2CC[C@@]3(O)C4=CC(=O)C5CCC(O)CC5(C)C4CCC23C)CC(C)O1. The minimum Gasteiger partial charge on any atom is -0.393 e. The van der Waals surface area contributed by atoms with E-state index >= 15 is 0 Å². The molecule has 8 unspecified atom stereocenters. The molecule has 1 aliphatic heterocycles. The molecule has 0 aromatic heterocycles. The van der Waals surface area contributed by atoms with Crippen LogP contribution in [0.5, 0.6) is 0 Å². The van der Waals surface area contributed by atoms with Gasteiger partial charge in [0.05, 0.1) is 30.5 Å². The summed E-state index contributed by atoms with van der Waals surface area (Å²) in [5, 5.41) is 22.6. The van der Waals surface area contributed by atoms with E-state index in [4.69, 9.17) is 4.74 Å². The first-order valence-electron chi connectivity index (χ1n) is 13.0. The van der Waals surface area contributed by atoms with Gasteiger partial charge in [-0.15, -0.1) is 0 Å². The quantitative estimate of drug-likeness (QED) is 0.675. The average molecular weight is 460 g/mol. The number of ketones is 2. The van der Waals surface area contributed by atoms with Crippen molar-refractivity contribution in [2.24, 2.45) is 28.6 Å². The van der Waals surface area contributed by atoms with Crippen molar-refractivity contribution < 1.29 is 24.5 Å². The Morgan fingerprint density at radius 1 is 1.09 bits per heavy atom. The molecule has 9 atom stereocenters. The van der Waals surface area contributed by atoms with Crippen LogP contribution in [-0.4, -0.2) is 70.2 Å². The highest BCUT2D eigenvalue weighted by Crippen LogP contribution is 2.67. The molecule has 1 saturated heterocycles. The zero-order valence-electron chi connectivity index (χ0n) is 20.7. The van der Waals surface area contributed by atoms with Crippen molar-refractivity contribution in [1.29, 1.82) is 0 Å². The number of allylic oxidation sites excluding steroid dienone is 1. The Morgan fingerprint density at radius 2 is 1.79 bits per heavy atom. The lowest BCUT2D eigenvalue weighted by Crippen LogP contribution is -2.60. The Bertz CT molecular complexity index is 861. The molecule has 4 aliphatic carbocycles. The summed E-state index contributed by atoms with van der Waals surface area (Å²) in [6.45, 7) is 10.3. The van der Waals surface area contributed by atoms with Crippen molar-refractivity contribution in [2.75, 3.05) is 19.6 Å². The molecule has 3 saturated carbocycles. The minimum absolute atomic E-state index is 0.0632. The van der Waals surface area contributed by atoms with E-state index in [9.17, 15) is 19.8 Å². The molecule has 5 rings (SSSR count). The number of aliphatic hydroxyl groups excluding tert-OH is 1. The maximum atomic E-state index is 13.6. The van der Waals surface area contributed by atoms with Crippen LogP contribution in [0.4, 0.5) is 0 Å². The highest BCUT2D eigenvalue weighted by atomic mass is 16.5. The van der Waals surface area contributed by atoms with Crippen molar-refractivity contribution in [2.45, 2.75) is 96.6 Å². The number of ether oxygens (including phenoxy) is 1. The summed E-state index contributed by atoms with van der Waals surface area (Å²) < 4.78 is 5.82. The standard InChI is InChI=1S/C27H41NO5/c1-16-13-28(14-17(2)33-16)15-24(31)21-8-10-27(32)22-11-23(30)20-6-5-18(29)12-25(20,3)19(22)7-9-26(21,27)4/h11,16-21,29,32H,5-10,12-15H2,1-4H3/t16?,17?,18?,19?,20?,21?,25?,26?,27-/m1/s1. The van der Waals surface area contributed by atoms with Gasteiger partial charge in [0.1, 0.15) is 0 Å². The fourth-order valence-corrected chi connectivity index (χ4v) is 8.70. The van der Waals surface area contributed by atoms with Crippen LogP contribution < -0.4 is 0 Å². The molecule has 0 radical (unpaired) electrons. The summed E-state index contributed by atoms with van der Waals surface area (Å²) in [6, 6.07) is 0. The van der Waals surface area contributed by atoms with Crippen LogP contribution in [0.1, 0.15) is 72.6 Å². The number of rotatable bonds is 3. The Kier molecular flexibility index (Phi) is 5.71. The third-order valence-corrected chi connectivity index (χ3v) is 10.3. The third-order valence-electron chi connectivity index (χ3n) is 10.3. The Labute approximate surface area is 197 Å². The molecular weight excluding hydrogens is 418 g/mol. The number of hydrogen-bond acceptors (Lipinski definition) is 6. The summed E-state index contributed by atoms with van der Waals surface area (Å²) in [5.74, 6) is 0.164. The van der Waals surface area contributed by atoms with Crippen molar-refractivity contribution in [1.82, 2.24) is 4.90 Å². The van der Waals surface area contributed by atoms with Crippen molar-refractivity contribution in [3.05, 3.63) is 11.6 Å². The second kappa shape index (κ2) is 7.97. The predicted octanol–water partition coefficient (Wildman–Crippen LogP) is 2.90. The Hall–Kier alpha value is -1.08. The van der Waals surface area contributed by atoms with Gasteiger partial charge >= 0.3 is 0 Å². The van der Waals surface area contributed by atoms with Gasteiger partial charge in [0, 0.05) is 30.3 Å². The smallest absolute Gasteiger partial charge is 0.159 e. The molecule has 0 spiro atoms. The highest BCUT2D eigenvalue weighted by Gasteiger charge is 2.67. The van der Waals surface area contributed by atoms with Crippen LogP contribution in [-0.2, 0) is 14.3 Å². The van der Waals surface area contributed by atoms with E-state index in [0.717, 1.165) is 37.9 Å². The largest absolute Gasteiger partial charge is 0.393 e. The van der Waals surface area contributed by atoms with Crippen molar-refractivity contribution >= 4 is 11.6 Å². The van der Waals surface area contributed by atoms with Gasteiger partial charge < -0.3 is 14.9 Å². The van der Waals surface area contributed by atoms with Gasteiger partial charge in [-0.1, -0.05) is 13.8 Å². The minimum atomic E-state index is -1.12. The monoisotopic (exact) mass is 459 g/mol. The number of morpholine rings is 1. The lowest BCUT2D eigenvalue weighted by Gasteiger charge is -2.59. The van der Waals surface area contributed by atoms with Crippen LogP contribution in [0.25, 0.3) is 0 Å². The van der Waals surface area contributed by atoms with E-state index in [1.54, 1.807) is 6.08 Å². The summed E-state index contributed by atoms with van der Waals surface area (Å²) in [5.41, 5.74) is -1.11. The van der Waals surface area contributed by atoms with Crippen molar-refractivity contribution in [3.63, 3.8) is 0 Å². The van der Waals surface area contributed by atoms with Crippen LogP contribution in [0.2, 0.25) is 0 Å². The van der Waals surface area contributed by atoms with Crippen LogP contribution in [0, 0.1) is 28.6 Å². The number of fused-ring (bicyclic) bond motifs is 5. The van der Waals surface area contributed by atoms with Crippen LogP contribution in [0.15, 0.2) is 11.6 Å². The van der Waals surface area contributed by atoms with Crippen LogP contribution in [0.3, 0.4) is 0 Å². The molecule has 2 N–H and O–H groups in total. The van der Waals surface area contributed by atoms with Gasteiger partial charge in [0.25, 0.3) is 0 Å². The predicted molar refractivity (Wildman–Crippen MR) is 125 cm³/mol. The molecular formula is C27H41NO5. The average Bonchev–Trinajstić information content (AvgIpc) is 2.98. The van der Waals surface area contributed by atoms with E-state index in [1.807, 2.05) is 13.8 Å². The number of Topliss-reactive ketones (excluding diaryl/α,β-unsaturated/α-hetero) is 1. The number of nitrogens with zero attached hydrogens (tertiary/aromatic N) is 1. The fourth-order valence-electron chi connectivity index (χ4n) is 8.70. The van der Waals surface area contributed by atoms with E-state index in [2.05, 4.69) is 18.7 Å². The molecule has 0 aromatic carbocycles. The van der Waals surface area contributed by atoms with Crippen molar-refractivity contribution in [3.8, 4) is 0 Å². The molecule has 0 amide bonds. The molecule has 1 heterocycles. The molecule has 6 nitrogen and oxygen atoms in total. The molecule has 33 heavy (non-hydrogen) atoms. The second-order valence-corrected chi connectivity index (χ2v) is 12.4. The molecule has 6 heteroatoms. The zero-order valence-corrected chi connectivity index (χ0v) is 20.7. The highest BCUT2D eigenvalue weighted by molar-refractivity contribution is 5.95. The number of carbonyl (C=O) groups is 2. The zero-order chi connectivity index (χ0) is 23.8. The summed E-state index contributed by atoms with van der Waals surface area (Å²) in [7, 11) is 0. The molecule has 4 fully saturated rings. The first-order chi connectivity index (χ1) is 15.5. The Morgan fingerprint density at radius 3 is 2.48 bits per heavy atom. The fraction of sp³-hybridized carbons (Fsp3) is 0.852. The molecule has 0 bridgehead atoms. The number of carbonyl (C=O) groups excluding carboxylic acids is 2. The van der Waals surface area contributed by atoms with E-state index < -0.39 is 11.0 Å². The van der Waals surface area contributed by atoms with Crippen LogP contribution >= 0.6 is 0 Å². The van der Waals surface area contributed by atoms with Gasteiger partial charge in [-0.05, 0) is 81.8 Å². The normalized spacial score (nSPS) is 50.2. The summed E-state index contributed by atoms with van der Waals surface area (Å²) >= 11 is 0. The molecule has 0 aromatic rings. The number of aliphatic hydroxyl groups is 2. The molecule has 184 valence electrons. The first-order valence-corrected chi connectivity index (χ1v) is 13.0. The van der Waals surface area contributed by atoms with Gasteiger partial charge in [0.15, 0.2) is 11.6 Å². The Balaban J connectivity index is 1.41. The second-order valence-electron chi connectivity index (χ2n) is 12.4. The van der Waals surface area contributed by atoms with E-state index in [-0.39, 0.29) is 53.0 Å². The van der Waals surface area contributed by atoms with Gasteiger partial charge in [0.2, 0.25) is 0 Å². The maximum absolute atomic E-state index is 13.6. The van der Waals surface area contributed by atoms with Gasteiger partial charge in [-0.2, -0.15) is 0 Å². The summed E-state index contributed by atoms with van der Waals surface area (Å²) in [6.07, 6.45) is 6.49. The van der Waals surface area contributed by atoms with E-state index in [0.29, 0.717) is 32.2 Å². The number of hydrogen-bond donors (Lipinski definition) is 2. The lowest BCUT2D eigenvalue weighted by molar-refractivity contribution is -0.146. The third kappa shape index (κ3) is 3.50. The van der Waals surface area contributed by atoms with E-state index in [1.165, 1.54) is 0 Å². The lowest BCUT2D eigenvalue weighted by atomic mass is 9.46.